The van der Waals surface area contributed by atoms with E-state index >= 15 is 0 Å². The van der Waals surface area contributed by atoms with Crippen LogP contribution < -0.4 is 5.43 Å². The maximum atomic E-state index is 12.0. The summed E-state index contributed by atoms with van der Waals surface area (Å²) in [5.41, 5.74) is 5.35. The second kappa shape index (κ2) is 8.48. The van der Waals surface area contributed by atoms with Crippen molar-refractivity contribution >= 4 is 57.3 Å². The molecule has 132 valence electrons. The molecule has 0 aliphatic carbocycles. The summed E-state index contributed by atoms with van der Waals surface area (Å²) in [5, 5.41) is 13.9. The van der Waals surface area contributed by atoms with Crippen molar-refractivity contribution in [3.05, 3.63) is 60.2 Å². The first-order chi connectivity index (χ1) is 11.7. The van der Waals surface area contributed by atoms with E-state index in [-0.39, 0.29) is 23.5 Å². The van der Waals surface area contributed by atoms with Gasteiger partial charge in [-0.25, -0.2) is 5.43 Å². The number of amides is 1. The van der Waals surface area contributed by atoms with Crippen molar-refractivity contribution in [2.45, 2.75) is 32.6 Å². The van der Waals surface area contributed by atoms with E-state index in [4.69, 9.17) is 0 Å². The van der Waals surface area contributed by atoms with Crippen LogP contribution >= 0.6 is 45.2 Å². The van der Waals surface area contributed by atoms with E-state index < -0.39 is 0 Å². The van der Waals surface area contributed by atoms with E-state index in [1.165, 1.54) is 11.8 Å². The van der Waals surface area contributed by atoms with Crippen LogP contribution in [0.1, 0.15) is 37.5 Å². The number of phenols is 1. The highest BCUT2D eigenvalue weighted by Crippen LogP contribution is 2.25. The van der Waals surface area contributed by atoms with Gasteiger partial charge >= 0.3 is 0 Å². The number of nitrogens with one attached hydrogen (secondary N) is 1. The lowest BCUT2D eigenvalue weighted by Crippen LogP contribution is -2.20. The number of hydrazone groups is 1. The van der Waals surface area contributed by atoms with E-state index in [1.54, 1.807) is 6.07 Å². The smallest absolute Gasteiger partial charge is 0.244 e. The van der Waals surface area contributed by atoms with Crippen molar-refractivity contribution < 1.29 is 9.90 Å². The van der Waals surface area contributed by atoms with Crippen molar-refractivity contribution in [3.63, 3.8) is 0 Å². The molecule has 0 heterocycles. The van der Waals surface area contributed by atoms with Crippen LogP contribution in [0, 0.1) is 7.14 Å². The molecule has 0 radical (unpaired) electrons. The Morgan fingerprint density at radius 1 is 1.20 bits per heavy atom. The summed E-state index contributed by atoms with van der Waals surface area (Å²) < 4.78 is 1.74. The van der Waals surface area contributed by atoms with Gasteiger partial charge in [-0.1, -0.05) is 45.0 Å². The van der Waals surface area contributed by atoms with Gasteiger partial charge in [0.15, 0.2) is 0 Å². The molecule has 2 aromatic carbocycles. The molecule has 0 atom stereocenters. The van der Waals surface area contributed by atoms with Crippen LogP contribution in [0.25, 0.3) is 0 Å². The quantitative estimate of drug-likeness (QED) is 0.326. The van der Waals surface area contributed by atoms with Crippen LogP contribution in [-0.2, 0) is 16.6 Å². The molecule has 4 nitrogen and oxygen atoms in total. The number of hydrogen-bond donors (Lipinski definition) is 2. The number of rotatable bonds is 4. The first-order valence-corrected chi connectivity index (χ1v) is 9.92. The van der Waals surface area contributed by atoms with Gasteiger partial charge in [-0.15, -0.1) is 0 Å². The minimum Gasteiger partial charge on any atom is -0.506 e. The zero-order valence-corrected chi connectivity index (χ0v) is 18.6. The summed E-state index contributed by atoms with van der Waals surface area (Å²) in [4.78, 5) is 12.0. The molecule has 2 aromatic rings. The van der Waals surface area contributed by atoms with Gasteiger partial charge in [0.1, 0.15) is 5.75 Å². The number of carbonyl (C=O) groups excluding carboxylic acids is 1. The molecule has 0 unspecified atom stereocenters. The number of nitrogens with zero attached hydrogens (tertiary/aromatic N) is 1. The zero-order chi connectivity index (χ0) is 18.6. The van der Waals surface area contributed by atoms with E-state index in [1.807, 2.05) is 18.2 Å². The van der Waals surface area contributed by atoms with Gasteiger partial charge in [-0.2, -0.15) is 5.10 Å². The molecule has 0 aliphatic rings. The highest BCUT2D eigenvalue weighted by Gasteiger charge is 2.13. The summed E-state index contributed by atoms with van der Waals surface area (Å²) in [5.74, 6) is -0.0312. The average Bonchev–Trinajstić information content (AvgIpc) is 2.51. The Kier molecular flexibility index (Phi) is 6.84. The maximum Gasteiger partial charge on any atom is 0.244 e. The third-order valence-electron chi connectivity index (χ3n) is 3.64. The fraction of sp³-hybridized carbons (Fsp3) is 0.263. The highest BCUT2D eigenvalue weighted by atomic mass is 127. The third-order valence-corrected chi connectivity index (χ3v) is 5.08. The topological polar surface area (TPSA) is 61.7 Å². The molecule has 0 spiro atoms. The standard InChI is InChI=1S/C19H20I2N2O2/c1-19(2,3)14-6-4-12(5-7-14)8-17(24)23-22-11-13-9-15(20)10-16(21)18(13)25/h4-7,9-11,25H,8H2,1-3H3,(H,23,24)/b22-11-. The van der Waals surface area contributed by atoms with Crippen molar-refractivity contribution in [2.75, 3.05) is 0 Å². The highest BCUT2D eigenvalue weighted by molar-refractivity contribution is 14.1. The minimum absolute atomic E-state index is 0.0950. The number of aromatic hydroxyl groups is 1. The number of hydrogen-bond acceptors (Lipinski definition) is 3. The Morgan fingerprint density at radius 2 is 1.84 bits per heavy atom. The molecule has 0 aromatic heterocycles. The Balaban J connectivity index is 1.97. The molecule has 0 fully saturated rings. The lowest BCUT2D eigenvalue weighted by atomic mass is 9.86. The van der Waals surface area contributed by atoms with Crippen LogP contribution in [0.4, 0.5) is 0 Å². The average molecular weight is 562 g/mol. The summed E-state index contributed by atoms with van der Waals surface area (Å²) in [6.07, 6.45) is 1.72. The van der Waals surface area contributed by atoms with Crippen LogP contribution in [0.2, 0.25) is 0 Å². The predicted molar refractivity (Wildman–Crippen MR) is 118 cm³/mol. The first kappa shape index (κ1) is 20.2. The van der Waals surface area contributed by atoms with Crippen molar-refractivity contribution in [2.24, 2.45) is 5.10 Å². The minimum atomic E-state index is -0.195. The van der Waals surface area contributed by atoms with E-state index in [9.17, 15) is 9.90 Å². The predicted octanol–water partition coefficient (Wildman–Crippen LogP) is 4.59. The number of halogens is 2. The van der Waals surface area contributed by atoms with Crippen molar-refractivity contribution in [1.82, 2.24) is 5.43 Å². The zero-order valence-electron chi connectivity index (χ0n) is 14.3. The van der Waals surface area contributed by atoms with Crippen molar-refractivity contribution in [3.8, 4) is 5.75 Å². The third kappa shape index (κ3) is 5.95. The largest absolute Gasteiger partial charge is 0.506 e. The molecular formula is C19H20I2N2O2. The van der Waals surface area contributed by atoms with E-state index in [0.717, 1.165) is 12.7 Å². The molecule has 2 N–H and O–H groups in total. The Hall–Kier alpha value is -1.16. The first-order valence-electron chi connectivity index (χ1n) is 7.76. The molecule has 6 heteroatoms. The molecule has 0 saturated heterocycles. The normalized spacial score (nSPS) is 11.7. The summed E-state index contributed by atoms with van der Waals surface area (Å²) in [6, 6.07) is 11.7. The molecule has 1 amide bonds. The molecule has 2 rings (SSSR count). The van der Waals surface area contributed by atoms with E-state index in [2.05, 4.69) is 88.6 Å². The van der Waals surface area contributed by atoms with Gasteiger partial charge in [0, 0.05) is 9.13 Å². The molecular weight excluding hydrogens is 542 g/mol. The number of phenolic OH excluding ortho intramolecular Hbond substituents is 1. The van der Waals surface area contributed by atoms with Gasteiger partial charge in [0.25, 0.3) is 0 Å². The monoisotopic (exact) mass is 562 g/mol. The fourth-order valence-corrected chi connectivity index (χ4v) is 4.10. The van der Waals surface area contributed by atoms with Crippen LogP contribution in [0.5, 0.6) is 5.75 Å². The van der Waals surface area contributed by atoms with Crippen LogP contribution in [0.15, 0.2) is 41.5 Å². The van der Waals surface area contributed by atoms with E-state index in [0.29, 0.717) is 5.56 Å². The summed E-state index contributed by atoms with van der Waals surface area (Å²) in [6.45, 7) is 6.47. The number of benzene rings is 2. The molecule has 0 aliphatic heterocycles. The SMILES string of the molecule is CC(C)(C)c1ccc(CC(=O)N/N=C\c2cc(I)cc(I)c2O)cc1. The lowest BCUT2D eigenvalue weighted by Gasteiger charge is -2.19. The second-order valence-corrected chi connectivity index (χ2v) is 9.15. The molecule has 0 saturated carbocycles. The Bertz CT molecular complexity index is 794. The summed E-state index contributed by atoms with van der Waals surface area (Å²) in [7, 11) is 0. The fourth-order valence-electron chi connectivity index (χ4n) is 2.21. The Morgan fingerprint density at radius 3 is 2.44 bits per heavy atom. The summed E-state index contributed by atoms with van der Waals surface area (Å²) >= 11 is 4.23. The van der Waals surface area contributed by atoms with Crippen molar-refractivity contribution in [1.29, 1.82) is 0 Å². The Labute approximate surface area is 175 Å². The van der Waals surface area contributed by atoms with Gasteiger partial charge in [0.2, 0.25) is 5.91 Å². The van der Waals surface area contributed by atoms with Gasteiger partial charge in [0.05, 0.1) is 16.2 Å². The van der Waals surface area contributed by atoms with Gasteiger partial charge in [-0.3, -0.25) is 4.79 Å². The lowest BCUT2D eigenvalue weighted by molar-refractivity contribution is -0.120. The molecule has 25 heavy (non-hydrogen) atoms. The van der Waals surface area contributed by atoms with Crippen LogP contribution in [0.3, 0.4) is 0 Å². The van der Waals surface area contributed by atoms with Gasteiger partial charge < -0.3 is 5.11 Å². The molecule has 0 bridgehead atoms. The second-order valence-electron chi connectivity index (χ2n) is 6.74. The van der Waals surface area contributed by atoms with Crippen LogP contribution in [-0.4, -0.2) is 17.2 Å². The maximum absolute atomic E-state index is 12.0. The van der Waals surface area contributed by atoms with Gasteiger partial charge in [-0.05, 0) is 73.9 Å². The number of carbonyl (C=O) groups is 1.